The van der Waals surface area contributed by atoms with Crippen LogP contribution in [0.1, 0.15) is 160 Å². The van der Waals surface area contributed by atoms with Gasteiger partial charge in [-0.3, -0.25) is 0 Å². The van der Waals surface area contributed by atoms with Crippen LogP contribution in [0.15, 0.2) is 164 Å². The van der Waals surface area contributed by atoms with Gasteiger partial charge in [-0.1, -0.05) is 218 Å². The Morgan fingerprint density at radius 1 is 0.545 bits per heavy atom. The maximum Gasteiger partial charge on any atom is 0.135 e. The van der Waals surface area contributed by atoms with E-state index in [1.807, 2.05) is 6.20 Å². The fourth-order valence-corrected chi connectivity index (χ4v) is 10.8. The normalized spacial score (nSPS) is 13.5. The number of anilines is 2. The number of rotatable bonds is 11. The van der Waals surface area contributed by atoms with Crippen molar-refractivity contribution in [2.75, 3.05) is 9.80 Å². The molecular weight excluding hydrogens is 1120 g/mol. The maximum atomic E-state index is 7.43. The predicted octanol–water partition coefficient (Wildman–Crippen LogP) is 19.1. The molecular formula is C71H75N4OPt-3. The number of nitrogens with zero attached hydrogens (tertiary/aromatic N) is 4. The number of benzene rings is 7. The van der Waals surface area contributed by atoms with Gasteiger partial charge in [0.2, 0.25) is 0 Å². The average molecular weight is 1200 g/mol. The van der Waals surface area contributed by atoms with Gasteiger partial charge >= 0.3 is 0 Å². The second kappa shape index (κ2) is 20.9. The smallest absolute Gasteiger partial charge is 0.135 e. The summed E-state index contributed by atoms with van der Waals surface area (Å²) in [6.07, 6.45) is 4.21. The van der Waals surface area contributed by atoms with Crippen LogP contribution in [0.3, 0.4) is 0 Å². The topological polar surface area (TPSA) is 33.5 Å². The number of hydrogen-bond acceptors (Lipinski definition) is 4. The van der Waals surface area contributed by atoms with Crippen molar-refractivity contribution in [3.05, 3.63) is 227 Å². The summed E-state index contributed by atoms with van der Waals surface area (Å²) in [5.74, 6) is 2.59. The number of fused-ring (bicyclic) bond motifs is 3. The number of para-hydroxylation sites is 1. The van der Waals surface area contributed by atoms with Gasteiger partial charge in [-0.2, -0.15) is 0 Å². The van der Waals surface area contributed by atoms with E-state index < -0.39 is 5.41 Å². The first kappa shape index (κ1) is 55.1. The molecule has 0 bridgehead atoms. The molecule has 77 heavy (non-hydrogen) atoms. The van der Waals surface area contributed by atoms with Crippen molar-refractivity contribution in [2.45, 2.75) is 137 Å². The zero-order valence-electron chi connectivity index (χ0n) is 47.8. The fraction of sp³-hybridized carbons (Fsp3) is 0.296. The molecule has 6 heteroatoms. The van der Waals surface area contributed by atoms with E-state index >= 15 is 0 Å². The monoisotopic (exact) mass is 1190 g/mol. The summed E-state index contributed by atoms with van der Waals surface area (Å²) in [4.78, 5) is 9.66. The Hall–Kier alpha value is -6.68. The van der Waals surface area contributed by atoms with E-state index in [4.69, 9.17) is 9.72 Å². The Kier molecular flexibility index (Phi) is 15.0. The van der Waals surface area contributed by atoms with Gasteiger partial charge in [-0.05, 0) is 120 Å². The van der Waals surface area contributed by atoms with Crippen LogP contribution in [0, 0.1) is 18.8 Å². The Labute approximate surface area is 474 Å². The molecule has 0 saturated heterocycles. The van der Waals surface area contributed by atoms with Crippen LogP contribution >= 0.6 is 0 Å². The first-order valence-electron chi connectivity index (χ1n) is 27.2. The van der Waals surface area contributed by atoms with Crippen molar-refractivity contribution in [1.29, 1.82) is 0 Å². The second-order valence-corrected chi connectivity index (χ2v) is 25.2. The van der Waals surface area contributed by atoms with E-state index in [1.165, 1.54) is 38.9 Å². The standard InChI is InChI=1S/C71H75N4O.Pt/c1-46(2)58-30-24-31-59(47(3)4)66(58)49-35-55(74-45-73(44-64(74)48-25-18-16-19-26-48)54-38-52(69(8,9)10)37-53(39-54)70(11,12)13)41-56(36-49)76-57-42-61(71(14,15)50-27-20-17-21-28-50)67-60-29-22-23-32-62(60)75(63(67)43-57)65-40-51(33-34-72-65)68(5,6)7;/h16-40,42,44-47H,1-15H3;/q-3;. The zero-order valence-corrected chi connectivity index (χ0v) is 50.1. The molecule has 0 amide bonds. The quantitative estimate of drug-likeness (QED) is 0.121. The van der Waals surface area contributed by atoms with E-state index in [2.05, 4.69) is 295 Å². The molecule has 10 rings (SSSR count). The molecule has 0 radical (unpaired) electrons. The SMILES string of the molecule is CC(C)c1cccc(C(C)C)c1-c1cc(Oc2[c-]c3c(c(C(C)(C)c4ccccc4)c2)c2ccccc2n3-c2cc(C(C)(C)C)ccn2)[c-]c(N2[CH-]N(c3cc(C(C)(C)C)cc(C(C)(C)C)c3)C=C2c2ccccc2)c1.[Pt]. The Morgan fingerprint density at radius 3 is 1.74 bits per heavy atom. The van der Waals surface area contributed by atoms with Crippen molar-refractivity contribution in [3.63, 3.8) is 0 Å². The molecule has 0 atom stereocenters. The van der Waals surface area contributed by atoms with Gasteiger partial charge in [0, 0.05) is 55.7 Å². The molecule has 0 N–H and O–H groups in total. The summed E-state index contributed by atoms with van der Waals surface area (Å²) >= 11 is 0. The number of pyridine rings is 1. The van der Waals surface area contributed by atoms with Crippen molar-refractivity contribution >= 4 is 38.9 Å². The van der Waals surface area contributed by atoms with Crippen LogP contribution in [-0.2, 0) is 42.7 Å². The summed E-state index contributed by atoms with van der Waals surface area (Å²) in [5.41, 5.74) is 16.5. The molecule has 398 valence electrons. The van der Waals surface area contributed by atoms with Crippen LogP contribution < -0.4 is 14.5 Å². The van der Waals surface area contributed by atoms with Crippen LogP contribution in [-0.4, -0.2) is 9.55 Å². The third kappa shape index (κ3) is 10.8. The van der Waals surface area contributed by atoms with Crippen LogP contribution in [0.4, 0.5) is 11.4 Å². The minimum atomic E-state index is -0.443. The van der Waals surface area contributed by atoms with E-state index in [9.17, 15) is 0 Å². The number of ether oxygens (including phenoxy) is 1. The molecule has 0 saturated carbocycles. The van der Waals surface area contributed by atoms with Crippen molar-refractivity contribution < 1.29 is 25.8 Å². The Morgan fingerprint density at radius 2 is 1.13 bits per heavy atom. The average Bonchev–Trinajstić information content (AvgIpc) is 3.99. The van der Waals surface area contributed by atoms with Gasteiger partial charge < -0.3 is 19.1 Å². The van der Waals surface area contributed by atoms with E-state index in [1.54, 1.807) is 0 Å². The van der Waals surface area contributed by atoms with Gasteiger partial charge in [0.15, 0.2) is 0 Å². The third-order valence-corrected chi connectivity index (χ3v) is 15.4. The number of aromatic nitrogens is 2. The predicted molar refractivity (Wildman–Crippen MR) is 321 cm³/mol. The summed E-state index contributed by atoms with van der Waals surface area (Å²) in [6, 6.07) is 63.0. The van der Waals surface area contributed by atoms with E-state index in [-0.39, 0.29) is 49.1 Å². The maximum absolute atomic E-state index is 7.43. The molecule has 7 aromatic carbocycles. The molecule has 0 aliphatic carbocycles. The Balaban J connectivity index is 0.00000722. The molecule has 2 aromatic heterocycles. The van der Waals surface area contributed by atoms with Gasteiger partial charge in [0.1, 0.15) is 5.82 Å². The summed E-state index contributed by atoms with van der Waals surface area (Å²) < 4.78 is 9.71. The summed E-state index contributed by atoms with van der Waals surface area (Å²) in [7, 11) is 0. The molecule has 0 spiro atoms. The molecule has 3 heterocycles. The molecule has 0 unspecified atom stereocenters. The van der Waals surface area contributed by atoms with Crippen LogP contribution in [0.25, 0.3) is 44.4 Å². The van der Waals surface area contributed by atoms with E-state index in [0.29, 0.717) is 11.5 Å². The first-order chi connectivity index (χ1) is 36.0. The van der Waals surface area contributed by atoms with Crippen LogP contribution in [0.2, 0.25) is 0 Å². The Bertz CT molecular complexity index is 3580. The molecule has 1 aliphatic heterocycles. The van der Waals surface area contributed by atoms with Gasteiger partial charge in [-0.25, -0.2) is 4.98 Å². The molecule has 9 aromatic rings. The zero-order chi connectivity index (χ0) is 54.1. The van der Waals surface area contributed by atoms with Gasteiger partial charge in [-0.15, -0.1) is 53.8 Å². The first-order valence-corrected chi connectivity index (χ1v) is 27.2. The van der Waals surface area contributed by atoms with Crippen molar-refractivity contribution in [2.24, 2.45) is 0 Å². The molecule has 5 nitrogen and oxygen atoms in total. The fourth-order valence-electron chi connectivity index (χ4n) is 10.8. The van der Waals surface area contributed by atoms with E-state index in [0.717, 1.165) is 61.4 Å². The summed E-state index contributed by atoms with van der Waals surface area (Å²) in [6.45, 7) is 36.6. The van der Waals surface area contributed by atoms with Gasteiger partial charge in [0.05, 0.1) is 0 Å². The number of hydrogen-bond donors (Lipinski definition) is 0. The minimum absolute atomic E-state index is 0. The van der Waals surface area contributed by atoms with Crippen molar-refractivity contribution in [3.8, 4) is 28.4 Å². The largest absolute Gasteiger partial charge is 0.509 e. The summed E-state index contributed by atoms with van der Waals surface area (Å²) in [5, 5.41) is 2.27. The van der Waals surface area contributed by atoms with Crippen molar-refractivity contribution in [1.82, 2.24) is 9.55 Å². The van der Waals surface area contributed by atoms with Crippen LogP contribution in [0.5, 0.6) is 11.5 Å². The second-order valence-electron chi connectivity index (χ2n) is 25.2. The van der Waals surface area contributed by atoms with Gasteiger partial charge in [0.25, 0.3) is 0 Å². The molecule has 1 aliphatic rings. The third-order valence-electron chi connectivity index (χ3n) is 15.4. The minimum Gasteiger partial charge on any atom is -0.509 e. The molecule has 0 fully saturated rings.